The number of unbranched alkanes of at least 4 members (excludes halogenated alkanes) is 1. The number of hydrogen-bond acceptors (Lipinski definition) is 4. The summed E-state index contributed by atoms with van der Waals surface area (Å²) in [5, 5.41) is 20.2. The number of allylic oxidation sites excluding steroid dienone is 1. The molecule has 0 saturated heterocycles. The average molecular weight is 332 g/mol. The van der Waals surface area contributed by atoms with Crippen LogP contribution in [0.2, 0.25) is 0 Å². The molecule has 2 unspecified atom stereocenters. The SMILES string of the molecule is C=CC(/C=C/CCCOC(=O)C(C)(C)C)C(O)c1ccccc1O. The van der Waals surface area contributed by atoms with Crippen molar-refractivity contribution >= 4 is 5.97 Å². The Kier molecular flexibility index (Phi) is 7.72. The van der Waals surface area contributed by atoms with Crippen LogP contribution in [-0.2, 0) is 9.53 Å². The first-order valence-corrected chi connectivity index (χ1v) is 8.19. The van der Waals surface area contributed by atoms with Crippen molar-refractivity contribution in [2.24, 2.45) is 11.3 Å². The van der Waals surface area contributed by atoms with Crippen molar-refractivity contribution in [3.63, 3.8) is 0 Å². The molecule has 0 saturated carbocycles. The van der Waals surface area contributed by atoms with E-state index in [-0.39, 0.29) is 17.6 Å². The molecular weight excluding hydrogens is 304 g/mol. The maximum Gasteiger partial charge on any atom is 0.311 e. The van der Waals surface area contributed by atoms with Gasteiger partial charge >= 0.3 is 5.97 Å². The van der Waals surface area contributed by atoms with E-state index in [1.54, 1.807) is 30.3 Å². The number of rotatable bonds is 8. The molecule has 0 fully saturated rings. The van der Waals surface area contributed by atoms with Gasteiger partial charge in [0.05, 0.1) is 18.1 Å². The molecule has 0 bridgehead atoms. The molecule has 0 amide bonds. The van der Waals surface area contributed by atoms with Crippen molar-refractivity contribution < 1.29 is 19.7 Å². The molecule has 4 nitrogen and oxygen atoms in total. The summed E-state index contributed by atoms with van der Waals surface area (Å²) in [6.07, 6.45) is 6.03. The van der Waals surface area contributed by atoms with Gasteiger partial charge in [0.25, 0.3) is 0 Å². The fraction of sp³-hybridized carbons (Fsp3) is 0.450. The topological polar surface area (TPSA) is 66.8 Å². The summed E-state index contributed by atoms with van der Waals surface area (Å²) in [4.78, 5) is 11.6. The molecule has 0 radical (unpaired) electrons. The molecule has 4 heteroatoms. The molecule has 2 atom stereocenters. The smallest absolute Gasteiger partial charge is 0.311 e. The minimum absolute atomic E-state index is 0.0688. The van der Waals surface area contributed by atoms with Gasteiger partial charge in [-0.3, -0.25) is 4.79 Å². The van der Waals surface area contributed by atoms with E-state index >= 15 is 0 Å². The van der Waals surface area contributed by atoms with Crippen molar-refractivity contribution in [1.82, 2.24) is 0 Å². The van der Waals surface area contributed by atoms with E-state index in [9.17, 15) is 15.0 Å². The Morgan fingerprint density at radius 3 is 2.58 bits per heavy atom. The zero-order chi connectivity index (χ0) is 18.2. The third-order valence-electron chi connectivity index (χ3n) is 3.61. The third kappa shape index (κ3) is 6.20. The molecule has 24 heavy (non-hydrogen) atoms. The highest BCUT2D eigenvalue weighted by Gasteiger charge is 2.22. The van der Waals surface area contributed by atoms with Gasteiger partial charge < -0.3 is 14.9 Å². The predicted octanol–water partition coefficient (Wildman–Crippen LogP) is 4.15. The van der Waals surface area contributed by atoms with Crippen LogP contribution in [-0.4, -0.2) is 22.8 Å². The zero-order valence-electron chi connectivity index (χ0n) is 14.7. The summed E-state index contributed by atoms with van der Waals surface area (Å²) in [6.45, 7) is 9.59. The normalized spacial score (nSPS) is 14.3. The van der Waals surface area contributed by atoms with Gasteiger partial charge in [0.2, 0.25) is 0 Å². The third-order valence-corrected chi connectivity index (χ3v) is 3.61. The van der Waals surface area contributed by atoms with Crippen LogP contribution in [0.25, 0.3) is 0 Å². The van der Waals surface area contributed by atoms with Crippen molar-refractivity contribution in [2.45, 2.75) is 39.7 Å². The minimum Gasteiger partial charge on any atom is -0.508 e. The molecule has 0 spiro atoms. The van der Waals surface area contributed by atoms with E-state index in [2.05, 4.69) is 6.58 Å². The van der Waals surface area contributed by atoms with Gasteiger partial charge in [0.15, 0.2) is 0 Å². The van der Waals surface area contributed by atoms with E-state index in [0.717, 1.165) is 12.8 Å². The van der Waals surface area contributed by atoms with Crippen LogP contribution in [0.4, 0.5) is 0 Å². The predicted molar refractivity (Wildman–Crippen MR) is 95.5 cm³/mol. The molecular formula is C20H28O4. The standard InChI is InChI=1S/C20H28O4/c1-5-15(18(22)16-12-8-9-13-17(16)21)11-7-6-10-14-24-19(23)20(2,3)4/h5,7-9,11-13,15,18,21-22H,1,6,10,14H2,2-4H3/b11-7+. The molecule has 1 rings (SSSR count). The molecule has 1 aromatic rings. The fourth-order valence-electron chi connectivity index (χ4n) is 2.09. The minimum atomic E-state index is -0.848. The van der Waals surface area contributed by atoms with Crippen LogP contribution in [0, 0.1) is 11.3 Å². The maximum atomic E-state index is 11.6. The zero-order valence-corrected chi connectivity index (χ0v) is 14.7. The Labute approximate surface area is 144 Å². The number of para-hydroxylation sites is 1. The van der Waals surface area contributed by atoms with Gasteiger partial charge in [-0.25, -0.2) is 0 Å². The summed E-state index contributed by atoms with van der Waals surface area (Å²) < 4.78 is 5.20. The van der Waals surface area contributed by atoms with Gasteiger partial charge in [-0.1, -0.05) is 36.4 Å². The van der Waals surface area contributed by atoms with Crippen LogP contribution < -0.4 is 0 Å². The number of carbonyl (C=O) groups is 1. The Morgan fingerprint density at radius 1 is 1.33 bits per heavy atom. The van der Waals surface area contributed by atoms with Crippen LogP contribution in [0.5, 0.6) is 5.75 Å². The molecule has 0 aliphatic heterocycles. The number of aliphatic hydroxyl groups is 1. The molecule has 0 aliphatic carbocycles. The molecule has 0 aromatic heterocycles. The fourth-order valence-corrected chi connectivity index (χ4v) is 2.09. The molecule has 2 N–H and O–H groups in total. The van der Waals surface area contributed by atoms with E-state index < -0.39 is 11.5 Å². The Hall–Kier alpha value is -2.07. The van der Waals surface area contributed by atoms with E-state index in [4.69, 9.17) is 4.74 Å². The maximum absolute atomic E-state index is 11.6. The lowest BCUT2D eigenvalue weighted by Gasteiger charge is -2.18. The van der Waals surface area contributed by atoms with Crippen LogP contribution in [0.15, 0.2) is 49.1 Å². The van der Waals surface area contributed by atoms with Crippen LogP contribution in [0.1, 0.15) is 45.3 Å². The Morgan fingerprint density at radius 2 is 2.00 bits per heavy atom. The van der Waals surface area contributed by atoms with Crippen LogP contribution in [0.3, 0.4) is 0 Å². The first-order chi connectivity index (χ1) is 11.3. The quantitative estimate of drug-likeness (QED) is 0.426. The van der Waals surface area contributed by atoms with Gasteiger partial charge in [0, 0.05) is 11.5 Å². The van der Waals surface area contributed by atoms with Crippen molar-refractivity contribution in [3.05, 3.63) is 54.6 Å². The summed E-state index contributed by atoms with van der Waals surface area (Å²) in [6, 6.07) is 6.72. The number of phenolic OH excluding ortho intramolecular Hbond substituents is 1. The lowest BCUT2D eigenvalue weighted by Crippen LogP contribution is -2.23. The number of hydrogen-bond donors (Lipinski definition) is 2. The Bertz CT molecular complexity index is 569. The largest absolute Gasteiger partial charge is 0.508 e. The highest BCUT2D eigenvalue weighted by atomic mass is 16.5. The van der Waals surface area contributed by atoms with E-state index in [1.165, 1.54) is 0 Å². The first-order valence-electron chi connectivity index (χ1n) is 8.19. The molecule has 1 aromatic carbocycles. The van der Waals surface area contributed by atoms with Crippen LogP contribution >= 0.6 is 0 Å². The number of esters is 1. The van der Waals surface area contributed by atoms with Gasteiger partial charge in [0.1, 0.15) is 5.75 Å². The molecule has 0 heterocycles. The van der Waals surface area contributed by atoms with E-state index in [1.807, 2.05) is 32.9 Å². The van der Waals surface area contributed by atoms with Gasteiger partial charge in [-0.2, -0.15) is 0 Å². The first kappa shape index (κ1) is 20.0. The Balaban J connectivity index is 2.46. The second-order valence-electron chi connectivity index (χ2n) is 6.77. The number of aromatic hydroxyl groups is 1. The summed E-state index contributed by atoms with van der Waals surface area (Å²) in [5.74, 6) is -0.430. The van der Waals surface area contributed by atoms with Gasteiger partial charge in [-0.15, -0.1) is 6.58 Å². The average Bonchev–Trinajstić information content (AvgIpc) is 2.53. The number of aliphatic hydroxyl groups excluding tert-OH is 1. The summed E-state index contributed by atoms with van der Waals surface area (Å²) in [7, 11) is 0. The van der Waals surface area contributed by atoms with Crippen molar-refractivity contribution in [2.75, 3.05) is 6.61 Å². The number of phenols is 1. The number of benzene rings is 1. The molecule has 0 aliphatic rings. The van der Waals surface area contributed by atoms with E-state index in [0.29, 0.717) is 12.2 Å². The highest BCUT2D eigenvalue weighted by molar-refractivity contribution is 5.75. The monoisotopic (exact) mass is 332 g/mol. The molecule has 132 valence electrons. The number of carbonyl (C=O) groups excluding carboxylic acids is 1. The van der Waals surface area contributed by atoms with Crippen molar-refractivity contribution in [3.8, 4) is 5.75 Å². The highest BCUT2D eigenvalue weighted by Crippen LogP contribution is 2.30. The second-order valence-corrected chi connectivity index (χ2v) is 6.77. The second kappa shape index (κ2) is 9.28. The van der Waals surface area contributed by atoms with Crippen molar-refractivity contribution in [1.29, 1.82) is 0 Å². The number of ether oxygens (including phenoxy) is 1. The van der Waals surface area contributed by atoms with Gasteiger partial charge in [-0.05, 0) is 39.7 Å². The lowest BCUT2D eigenvalue weighted by molar-refractivity contribution is -0.153. The summed E-state index contributed by atoms with van der Waals surface area (Å²) >= 11 is 0. The lowest BCUT2D eigenvalue weighted by atomic mass is 9.94. The summed E-state index contributed by atoms with van der Waals surface area (Å²) in [5.41, 5.74) is -0.00266.